The number of hydrogen-bond acceptors (Lipinski definition) is 6. The highest BCUT2D eigenvalue weighted by Crippen LogP contribution is 2.27. The van der Waals surface area contributed by atoms with E-state index in [2.05, 4.69) is 41.4 Å². The number of aromatic nitrogens is 4. The SMILES string of the molecule is O=C(Nc1cccc(CSc2ncnc3[nH]ncc23)c1)c1ccc(Br)s1. The molecule has 1 aromatic carbocycles. The monoisotopic (exact) mass is 445 g/mol. The number of carbonyl (C=O) groups is 1. The molecular weight excluding hydrogens is 434 g/mol. The number of H-pyrrole nitrogens is 1. The summed E-state index contributed by atoms with van der Waals surface area (Å²) in [6.07, 6.45) is 3.26. The molecule has 0 aliphatic heterocycles. The maximum absolute atomic E-state index is 12.3. The Labute approximate surface area is 165 Å². The Morgan fingerprint density at radius 3 is 3.04 bits per heavy atom. The summed E-state index contributed by atoms with van der Waals surface area (Å²) in [6.45, 7) is 0. The second kappa shape index (κ2) is 7.56. The molecule has 0 atom stereocenters. The average molecular weight is 446 g/mol. The molecule has 0 aliphatic rings. The maximum Gasteiger partial charge on any atom is 0.265 e. The second-order valence-corrected chi connectivity index (χ2v) is 8.79. The molecule has 4 rings (SSSR count). The third-order valence-electron chi connectivity index (χ3n) is 3.57. The minimum absolute atomic E-state index is 0.110. The van der Waals surface area contributed by atoms with Gasteiger partial charge in [0.05, 0.1) is 20.2 Å². The van der Waals surface area contributed by atoms with Gasteiger partial charge in [0.2, 0.25) is 0 Å². The predicted octanol–water partition coefficient (Wildman–Crippen LogP) is 4.72. The number of fused-ring (bicyclic) bond motifs is 1. The molecule has 130 valence electrons. The number of nitrogens with one attached hydrogen (secondary N) is 2. The molecule has 0 aliphatic carbocycles. The van der Waals surface area contributed by atoms with Gasteiger partial charge in [-0.3, -0.25) is 9.89 Å². The van der Waals surface area contributed by atoms with E-state index in [1.54, 1.807) is 24.0 Å². The van der Waals surface area contributed by atoms with Crippen molar-refractivity contribution in [1.29, 1.82) is 0 Å². The van der Waals surface area contributed by atoms with Gasteiger partial charge in [-0.2, -0.15) is 5.10 Å². The molecule has 0 saturated carbocycles. The standard InChI is InChI=1S/C17H12BrN5OS2/c18-14-5-4-13(26-14)16(24)22-11-3-1-2-10(6-11)8-25-17-12-7-21-23-15(12)19-9-20-17/h1-7,9H,8H2,(H,22,24)(H,19,20,21,23). The van der Waals surface area contributed by atoms with Gasteiger partial charge in [-0.25, -0.2) is 9.97 Å². The van der Waals surface area contributed by atoms with Crippen molar-refractivity contribution in [2.24, 2.45) is 0 Å². The van der Waals surface area contributed by atoms with Crippen molar-refractivity contribution in [2.45, 2.75) is 10.8 Å². The zero-order chi connectivity index (χ0) is 17.9. The summed E-state index contributed by atoms with van der Waals surface area (Å²) in [5, 5.41) is 11.6. The molecule has 0 spiro atoms. The van der Waals surface area contributed by atoms with Crippen LogP contribution in [0.5, 0.6) is 0 Å². The number of hydrogen-bond donors (Lipinski definition) is 2. The molecule has 0 bridgehead atoms. The molecule has 4 aromatic rings. The van der Waals surface area contributed by atoms with Crippen LogP contribution in [-0.2, 0) is 5.75 Å². The quantitative estimate of drug-likeness (QED) is 0.342. The van der Waals surface area contributed by atoms with Gasteiger partial charge in [0.25, 0.3) is 5.91 Å². The molecule has 0 saturated heterocycles. The van der Waals surface area contributed by atoms with E-state index in [4.69, 9.17) is 0 Å². The van der Waals surface area contributed by atoms with Crippen molar-refractivity contribution >= 4 is 61.7 Å². The lowest BCUT2D eigenvalue weighted by atomic mass is 10.2. The van der Waals surface area contributed by atoms with Crippen LogP contribution in [0.1, 0.15) is 15.2 Å². The summed E-state index contributed by atoms with van der Waals surface area (Å²) in [5.74, 6) is 0.618. The Bertz CT molecular complexity index is 1080. The van der Waals surface area contributed by atoms with E-state index in [0.29, 0.717) is 4.88 Å². The van der Waals surface area contributed by atoms with E-state index >= 15 is 0 Å². The van der Waals surface area contributed by atoms with Crippen LogP contribution in [0, 0.1) is 0 Å². The molecular formula is C17H12BrN5OS2. The summed E-state index contributed by atoms with van der Waals surface area (Å²) >= 11 is 6.39. The van der Waals surface area contributed by atoms with E-state index in [1.165, 1.54) is 17.7 Å². The lowest BCUT2D eigenvalue weighted by molar-refractivity contribution is 0.103. The molecule has 26 heavy (non-hydrogen) atoms. The van der Waals surface area contributed by atoms with Gasteiger partial charge >= 0.3 is 0 Å². The van der Waals surface area contributed by atoms with Gasteiger partial charge in [-0.15, -0.1) is 23.1 Å². The highest BCUT2D eigenvalue weighted by molar-refractivity contribution is 9.11. The van der Waals surface area contributed by atoms with E-state index < -0.39 is 0 Å². The topological polar surface area (TPSA) is 83.6 Å². The van der Waals surface area contributed by atoms with Crippen LogP contribution in [0.25, 0.3) is 11.0 Å². The first-order valence-corrected chi connectivity index (χ1v) is 10.2. The van der Waals surface area contributed by atoms with Gasteiger partial charge in [0, 0.05) is 11.4 Å². The van der Waals surface area contributed by atoms with Crippen molar-refractivity contribution in [3.8, 4) is 0 Å². The molecule has 0 unspecified atom stereocenters. The van der Waals surface area contributed by atoms with Crippen LogP contribution in [0.3, 0.4) is 0 Å². The summed E-state index contributed by atoms with van der Waals surface area (Å²) in [7, 11) is 0. The van der Waals surface area contributed by atoms with Crippen molar-refractivity contribution in [2.75, 3.05) is 5.32 Å². The minimum atomic E-state index is -0.110. The van der Waals surface area contributed by atoms with Crippen molar-refractivity contribution in [3.05, 3.63) is 63.1 Å². The third-order valence-corrected chi connectivity index (χ3v) is 6.27. The first-order chi connectivity index (χ1) is 12.7. The molecule has 1 amide bonds. The van der Waals surface area contributed by atoms with E-state index in [-0.39, 0.29) is 5.91 Å². The lowest BCUT2D eigenvalue weighted by Gasteiger charge is -2.07. The first-order valence-electron chi connectivity index (χ1n) is 7.61. The zero-order valence-corrected chi connectivity index (χ0v) is 16.5. The predicted molar refractivity (Wildman–Crippen MR) is 108 cm³/mol. The normalized spacial score (nSPS) is 11.0. The molecule has 2 N–H and O–H groups in total. The first kappa shape index (κ1) is 17.2. The summed E-state index contributed by atoms with van der Waals surface area (Å²) in [5.41, 5.74) is 2.59. The number of nitrogens with zero attached hydrogens (tertiary/aromatic N) is 3. The number of thioether (sulfide) groups is 1. The lowest BCUT2D eigenvalue weighted by Crippen LogP contribution is -2.10. The van der Waals surface area contributed by atoms with Gasteiger partial charge in [0.1, 0.15) is 11.4 Å². The van der Waals surface area contributed by atoms with Gasteiger partial charge in [-0.05, 0) is 45.8 Å². The number of anilines is 1. The Morgan fingerprint density at radius 1 is 1.27 bits per heavy atom. The smallest absolute Gasteiger partial charge is 0.265 e. The third kappa shape index (κ3) is 3.79. The fourth-order valence-corrected chi connectivity index (χ4v) is 4.57. The van der Waals surface area contributed by atoms with E-state index in [9.17, 15) is 4.79 Å². The molecule has 3 heterocycles. The Kier molecular flexibility index (Phi) is 5.00. The molecule has 0 fully saturated rings. The van der Waals surface area contributed by atoms with Crippen molar-refractivity contribution in [3.63, 3.8) is 0 Å². The van der Waals surface area contributed by atoms with Crippen LogP contribution >= 0.6 is 39.0 Å². The fraction of sp³-hybridized carbons (Fsp3) is 0.0588. The van der Waals surface area contributed by atoms with E-state index in [0.717, 1.165) is 36.8 Å². The van der Waals surface area contributed by atoms with Crippen LogP contribution in [-0.4, -0.2) is 26.1 Å². The molecule has 3 aromatic heterocycles. The second-order valence-electron chi connectivity index (χ2n) is 5.36. The number of rotatable bonds is 5. The van der Waals surface area contributed by atoms with Crippen LogP contribution in [0.2, 0.25) is 0 Å². The molecule has 9 heteroatoms. The van der Waals surface area contributed by atoms with Crippen LogP contribution < -0.4 is 5.32 Å². The van der Waals surface area contributed by atoms with Crippen LogP contribution in [0.15, 0.2) is 57.7 Å². The van der Waals surface area contributed by atoms with Crippen LogP contribution in [0.4, 0.5) is 5.69 Å². The minimum Gasteiger partial charge on any atom is -0.321 e. The Hall–Kier alpha value is -2.23. The largest absolute Gasteiger partial charge is 0.321 e. The summed E-state index contributed by atoms with van der Waals surface area (Å²) in [6, 6.07) is 11.5. The average Bonchev–Trinajstić information content (AvgIpc) is 3.29. The Balaban J connectivity index is 1.46. The maximum atomic E-state index is 12.3. The molecule has 6 nitrogen and oxygen atoms in total. The molecule has 0 radical (unpaired) electrons. The van der Waals surface area contributed by atoms with E-state index in [1.807, 2.05) is 30.3 Å². The fourth-order valence-electron chi connectivity index (χ4n) is 2.38. The highest BCUT2D eigenvalue weighted by Gasteiger charge is 2.10. The van der Waals surface area contributed by atoms with Gasteiger partial charge < -0.3 is 5.32 Å². The zero-order valence-electron chi connectivity index (χ0n) is 13.3. The van der Waals surface area contributed by atoms with Crippen molar-refractivity contribution < 1.29 is 4.79 Å². The van der Waals surface area contributed by atoms with Gasteiger partial charge in [-0.1, -0.05) is 12.1 Å². The summed E-state index contributed by atoms with van der Waals surface area (Å²) < 4.78 is 0.934. The highest BCUT2D eigenvalue weighted by atomic mass is 79.9. The van der Waals surface area contributed by atoms with Gasteiger partial charge in [0.15, 0.2) is 5.65 Å². The number of thiophene rings is 1. The number of carbonyl (C=O) groups excluding carboxylic acids is 1. The Morgan fingerprint density at radius 2 is 2.19 bits per heavy atom. The number of benzene rings is 1. The number of amides is 1. The van der Waals surface area contributed by atoms with Crippen molar-refractivity contribution in [1.82, 2.24) is 20.2 Å². The number of aromatic amines is 1. The summed E-state index contributed by atoms with van der Waals surface area (Å²) in [4.78, 5) is 21.4. The number of halogens is 1.